The van der Waals surface area contributed by atoms with Crippen LogP contribution in [0.5, 0.6) is 5.75 Å². The highest BCUT2D eigenvalue weighted by atomic mass is 35.5. The number of carbonyl (C=O) groups excluding carboxylic acids is 2. The SMILES string of the molecule is O=C(COc1ccccc1)Nc1cccc(SCC(=O)Nc2nc(-c3ccccc3Cl)cs2)c1. The Kier molecular flexibility index (Phi) is 8.19. The van der Waals surface area contributed by atoms with Gasteiger partial charge in [0.1, 0.15) is 5.75 Å². The Labute approximate surface area is 210 Å². The molecule has 172 valence electrons. The summed E-state index contributed by atoms with van der Waals surface area (Å²) in [6.45, 7) is -0.0895. The molecule has 0 bridgehead atoms. The lowest BCUT2D eigenvalue weighted by atomic mass is 10.2. The monoisotopic (exact) mass is 509 g/mol. The van der Waals surface area contributed by atoms with Crippen molar-refractivity contribution in [3.8, 4) is 17.0 Å². The zero-order valence-electron chi connectivity index (χ0n) is 17.9. The van der Waals surface area contributed by atoms with Gasteiger partial charge in [-0.25, -0.2) is 4.98 Å². The van der Waals surface area contributed by atoms with E-state index in [0.717, 1.165) is 16.2 Å². The van der Waals surface area contributed by atoms with Gasteiger partial charge in [-0.3, -0.25) is 9.59 Å². The van der Waals surface area contributed by atoms with E-state index in [-0.39, 0.29) is 24.2 Å². The van der Waals surface area contributed by atoms with Gasteiger partial charge in [0.2, 0.25) is 5.91 Å². The van der Waals surface area contributed by atoms with Gasteiger partial charge in [0.25, 0.3) is 5.91 Å². The van der Waals surface area contributed by atoms with Crippen molar-refractivity contribution < 1.29 is 14.3 Å². The van der Waals surface area contributed by atoms with E-state index in [9.17, 15) is 9.59 Å². The number of carbonyl (C=O) groups is 2. The molecule has 6 nitrogen and oxygen atoms in total. The largest absolute Gasteiger partial charge is 0.484 e. The highest BCUT2D eigenvalue weighted by molar-refractivity contribution is 8.00. The minimum Gasteiger partial charge on any atom is -0.484 e. The van der Waals surface area contributed by atoms with Crippen molar-refractivity contribution >= 4 is 57.3 Å². The molecule has 0 aliphatic heterocycles. The number of hydrogen-bond acceptors (Lipinski definition) is 6. The van der Waals surface area contributed by atoms with E-state index in [1.54, 1.807) is 24.3 Å². The third kappa shape index (κ3) is 6.84. The van der Waals surface area contributed by atoms with Crippen LogP contribution in [0.25, 0.3) is 11.3 Å². The van der Waals surface area contributed by atoms with Gasteiger partial charge in [-0.15, -0.1) is 23.1 Å². The van der Waals surface area contributed by atoms with Crippen LogP contribution in [-0.2, 0) is 9.59 Å². The van der Waals surface area contributed by atoms with Gasteiger partial charge >= 0.3 is 0 Å². The summed E-state index contributed by atoms with van der Waals surface area (Å²) in [7, 11) is 0. The molecule has 0 radical (unpaired) electrons. The van der Waals surface area contributed by atoms with E-state index in [4.69, 9.17) is 16.3 Å². The lowest BCUT2D eigenvalue weighted by Crippen LogP contribution is -2.20. The Morgan fingerprint density at radius 2 is 1.74 bits per heavy atom. The van der Waals surface area contributed by atoms with Crippen LogP contribution in [0.2, 0.25) is 5.02 Å². The summed E-state index contributed by atoms with van der Waals surface area (Å²) in [5, 5.41) is 8.61. The van der Waals surface area contributed by atoms with Gasteiger partial charge in [-0.05, 0) is 36.4 Å². The van der Waals surface area contributed by atoms with Crippen molar-refractivity contribution in [3.63, 3.8) is 0 Å². The molecule has 0 aliphatic carbocycles. The summed E-state index contributed by atoms with van der Waals surface area (Å²) in [6, 6.07) is 23.9. The third-order valence-electron chi connectivity index (χ3n) is 4.50. The number of anilines is 2. The van der Waals surface area contributed by atoms with Crippen LogP contribution in [0.4, 0.5) is 10.8 Å². The van der Waals surface area contributed by atoms with Gasteiger partial charge in [-0.1, -0.05) is 54.1 Å². The zero-order valence-corrected chi connectivity index (χ0v) is 20.3. The molecule has 1 aromatic heterocycles. The second-order valence-corrected chi connectivity index (χ2v) is 9.35. The summed E-state index contributed by atoms with van der Waals surface area (Å²) in [4.78, 5) is 29.9. The second-order valence-electron chi connectivity index (χ2n) is 7.03. The number of rotatable bonds is 9. The Morgan fingerprint density at radius 1 is 0.941 bits per heavy atom. The molecule has 0 unspecified atom stereocenters. The molecule has 4 rings (SSSR count). The molecule has 2 N–H and O–H groups in total. The molecular weight excluding hydrogens is 490 g/mol. The van der Waals surface area contributed by atoms with E-state index >= 15 is 0 Å². The van der Waals surface area contributed by atoms with Gasteiger partial charge in [-0.2, -0.15) is 0 Å². The van der Waals surface area contributed by atoms with Crippen molar-refractivity contribution in [2.24, 2.45) is 0 Å². The molecule has 3 aromatic carbocycles. The molecule has 0 saturated heterocycles. The number of hydrogen-bond donors (Lipinski definition) is 2. The number of nitrogens with zero attached hydrogens (tertiary/aromatic N) is 1. The molecule has 4 aromatic rings. The molecular formula is C25H20ClN3O3S2. The fourth-order valence-electron chi connectivity index (χ4n) is 2.95. The lowest BCUT2D eigenvalue weighted by Gasteiger charge is -2.09. The van der Waals surface area contributed by atoms with E-state index < -0.39 is 0 Å². The normalized spacial score (nSPS) is 10.5. The van der Waals surface area contributed by atoms with Gasteiger partial charge in [0.05, 0.1) is 11.4 Å². The summed E-state index contributed by atoms with van der Waals surface area (Å²) in [5.41, 5.74) is 2.18. The molecule has 0 fully saturated rings. The summed E-state index contributed by atoms with van der Waals surface area (Å²) in [5.74, 6) is 0.403. The molecule has 1 heterocycles. The van der Waals surface area contributed by atoms with Crippen LogP contribution in [0, 0.1) is 0 Å². The van der Waals surface area contributed by atoms with E-state index in [1.165, 1.54) is 23.1 Å². The Morgan fingerprint density at radius 3 is 2.56 bits per heavy atom. The highest BCUT2D eigenvalue weighted by Gasteiger charge is 2.11. The van der Waals surface area contributed by atoms with Gasteiger partial charge in [0, 0.05) is 26.5 Å². The van der Waals surface area contributed by atoms with Gasteiger partial charge in [0.15, 0.2) is 11.7 Å². The second kappa shape index (κ2) is 11.7. The van der Waals surface area contributed by atoms with Crippen molar-refractivity contribution in [2.75, 3.05) is 23.0 Å². The van der Waals surface area contributed by atoms with Crippen molar-refractivity contribution in [2.45, 2.75) is 4.90 Å². The van der Waals surface area contributed by atoms with Crippen LogP contribution >= 0.6 is 34.7 Å². The Balaban J connectivity index is 1.26. The number of para-hydroxylation sites is 1. The molecule has 0 saturated carbocycles. The number of ether oxygens (including phenoxy) is 1. The van der Waals surface area contributed by atoms with Crippen LogP contribution in [0.15, 0.2) is 89.1 Å². The van der Waals surface area contributed by atoms with Crippen molar-refractivity contribution in [3.05, 3.63) is 89.3 Å². The van der Waals surface area contributed by atoms with E-state index in [2.05, 4.69) is 15.6 Å². The number of thiazole rings is 1. The Hall–Kier alpha value is -3.33. The van der Waals surface area contributed by atoms with Crippen molar-refractivity contribution in [1.82, 2.24) is 4.98 Å². The predicted octanol–water partition coefficient (Wildman–Crippen LogP) is 6.21. The zero-order chi connectivity index (χ0) is 23.8. The maximum atomic E-state index is 12.4. The summed E-state index contributed by atoms with van der Waals surface area (Å²) < 4.78 is 5.46. The molecule has 0 atom stereocenters. The first kappa shape index (κ1) is 23.8. The third-order valence-corrected chi connectivity index (χ3v) is 6.58. The maximum Gasteiger partial charge on any atom is 0.262 e. The molecule has 9 heteroatoms. The number of amides is 2. The first-order chi connectivity index (χ1) is 16.6. The van der Waals surface area contributed by atoms with Crippen LogP contribution in [0.3, 0.4) is 0 Å². The van der Waals surface area contributed by atoms with E-state index in [0.29, 0.717) is 21.6 Å². The minimum absolute atomic E-state index is 0.0895. The quantitative estimate of drug-likeness (QED) is 0.262. The van der Waals surface area contributed by atoms with Gasteiger partial charge < -0.3 is 15.4 Å². The first-order valence-electron chi connectivity index (χ1n) is 10.3. The fraction of sp³-hybridized carbons (Fsp3) is 0.0800. The summed E-state index contributed by atoms with van der Waals surface area (Å²) in [6.07, 6.45) is 0. The number of nitrogens with one attached hydrogen (secondary N) is 2. The summed E-state index contributed by atoms with van der Waals surface area (Å²) >= 11 is 8.93. The smallest absolute Gasteiger partial charge is 0.262 e. The van der Waals surface area contributed by atoms with Crippen LogP contribution in [-0.4, -0.2) is 29.2 Å². The van der Waals surface area contributed by atoms with E-state index in [1.807, 2.05) is 60.0 Å². The number of aromatic nitrogens is 1. The minimum atomic E-state index is -0.262. The number of thioether (sulfide) groups is 1. The first-order valence-corrected chi connectivity index (χ1v) is 12.5. The Bertz CT molecular complexity index is 1280. The fourth-order valence-corrected chi connectivity index (χ4v) is 4.67. The highest BCUT2D eigenvalue weighted by Crippen LogP contribution is 2.30. The average Bonchev–Trinajstić information content (AvgIpc) is 3.31. The van der Waals surface area contributed by atoms with Crippen LogP contribution < -0.4 is 15.4 Å². The number of halogens is 1. The van der Waals surface area contributed by atoms with Crippen LogP contribution in [0.1, 0.15) is 0 Å². The maximum absolute atomic E-state index is 12.4. The topological polar surface area (TPSA) is 80.3 Å². The molecule has 2 amide bonds. The lowest BCUT2D eigenvalue weighted by molar-refractivity contribution is -0.118. The molecule has 0 aliphatic rings. The number of benzene rings is 3. The van der Waals surface area contributed by atoms with Crippen molar-refractivity contribution in [1.29, 1.82) is 0 Å². The molecule has 34 heavy (non-hydrogen) atoms. The molecule has 0 spiro atoms. The standard InChI is InChI=1S/C25H20ClN3O3S2/c26-21-12-5-4-11-20(21)22-15-34-25(28-22)29-24(31)16-33-19-10-6-7-17(13-19)27-23(30)14-32-18-8-2-1-3-9-18/h1-13,15H,14,16H2,(H,27,30)(H,28,29,31). The predicted molar refractivity (Wildman–Crippen MR) is 139 cm³/mol. The average molecular weight is 510 g/mol.